The van der Waals surface area contributed by atoms with Crippen LogP contribution in [0, 0.1) is 5.82 Å². The Balaban J connectivity index is 1.58. The zero-order chi connectivity index (χ0) is 22.5. The summed E-state index contributed by atoms with van der Waals surface area (Å²) in [5.74, 6) is 1.33. The molecule has 2 aliphatic heterocycles. The molecule has 32 heavy (non-hydrogen) atoms. The van der Waals surface area contributed by atoms with Gasteiger partial charge in [0.2, 0.25) is 11.9 Å². The predicted octanol–water partition coefficient (Wildman–Crippen LogP) is 2.38. The van der Waals surface area contributed by atoms with E-state index in [1.807, 2.05) is 12.1 Å². The van der Waals surface area contributed by atoms with E-state index in [1.165, 1.54) is 19.6 Å². The van der Waals surface area contributed by atoms with Gasteiger partial charge in [0, 0.05) is 17.8 Å². The van der Waals surface area contributed by atoms with Crippen LogP contribution in [-0.2, 0) is 6.54 Å². The standard InChI is InChI=1S/C22H30FN7O2/c1-3-29-10-4-6-16(29)13-25-21-27-20(24)30(14-17-7-5-11-32-17)22(28-21)26-15-8-9-19(31-2)18(23)12-15/h5,7-9,11-12,16,20H,3-4,6,10,13-14,24H2,1-2H3,(H2,25,26,27,28). The maximum absolute atomic E-state index is 14.2. The Bertz CT molecular complexity index is 963. The normalized spacial score (nSPS) is 22.7. The fourth-order valence-corrected chi connectivity index (χ4v) is 4.05. The predicted molar refractivity (Wildman–Crippen MR) is 122 cm³/mol. The van der Waals surface area contributed by atoms with Crippen LogP contribution in [-0.4, -0.2) is 60.8 Å². The van der Waals surface area contributed by atoms with Crippen LogP contribution in [0.1, 0.15) is 25.5 Å². The molecule has 1 aromatic carbocycles. The minimum atomic E-state index is -0.590. The molecule has 0 aliphatic carbocycles. The van der Waals surface area contributed by atoms with Gasteiger partial charge in [-0.3, -0.25) is 10.6 Å². The maximum Gasteiger partial charge on any atom is 0.223 e. The van der Waals surface area contributed by atoms with E-state index >= 15 is 0 Å². The third-order valence-corrected chi connectivity index (χ3v) is 5.77. The Hall–Kier alpha value is -3.11. The van der Waals surface area contributed by atoms with Crippen molar-refractivity contribution in [3.63, 3.8) is 0 Å². The Morgan fingerprint density at radius 2 is 2.28 bits per heavy atom. The van der Waals surface area contributed by atoms with Gasteiger partial charge in [-0.2, -0.15) is 4.99 Å². The highest BCUT2D eigenvalue weighted by Crippen LogP contribution is 2.22. The highest BCUT2D eigenvalue weighted by molar-refractivity contribution is 6.03. The Morgan fingerprint density at radius 1 is 1.41 bits per heavy atom. The van der Waals surface area contributed by atoms with Crippen LogP contribution in [0.25, 0.3) is 0 Å². The van der Waals surface area contributed by atoms with Crippen molar-refractivity contribution in [3.05, 3.63) is 48.2 Å². The van der Waals surface area contributed by atoms with Gasteiger partial charge in [0.05, 0.1) is 26.5 Å². The number of nitrogens with zero attached hydrogens (tertiary/aromatic N) is 4. The highest BCUT2D eigenvalue weighted by atomic mass is 19.1. The summed E-state index contributed by atoms with van der Waals surface area (Å²) in [5, 5.41) is 6.32. The molecule has 1 fully saturated rings. The third-order valence-electron chi connectivity index (χ3n) is 5.77. The second kappa shape index (κ2) is 10.0. The van der Waals surface area contributed by atoms with Crippen molar-refractivity contribution in [1.29, 1.82) is 0 Å². The summed E-state index contributed by atoms with van der Waals surface area (Å²) in [6, 6.07) is 8.72. The van der Waals surface area contributed by atoms with Crippen molar-refractivity contribution >= 4 is 17.6 Å². The van der Waals surface area contributed by atoms with E-state index in [4.69, 9.17) is 19.9 Å². The number of hydrogen-bond donors (Lipinski definition) is 3. The molecule has 9 nitrogen and oxygen atoms in total. The molecule has 2 unspecified atom stereocenters. The van der Waals surface area contributed by atoms with Gasteiger partial charge < -0.3 is 24.7 Å². The smallest absolute Gasteiger partial charge is 0.223 e. The number of hydrogen-bond acceptors (Lipinski definition) is 7. The fraction of sp³-hybridized carbons (Fsp3) is 0.455. The molecular weight excluding hydrogens is 413 g/mol. The number of methoxy groups -OCH3 is 1. The summed E-state index contributed by atoms with van der Waals surface area (Å²) in [4.78, 5) is 13.6. The van der Waals surface area contributed by atoms with Crippen molar-refractivity contribution < 1.29 is 13.5 Å². The zero-order valence-electron chi connectivity index (χ0n) is 18.4. The SMILES string of the molecule is CCN1CCCC1CN=C1N=C(Nc2ccc(OC)c(F)c2)N(Cc2ccco2)C(N)N1. The number of furan rings is 1. The number of ether oxygens (including phenoxy) is 1. The fourth-order valence-electron chi connectivity index (χ4n) is 4.05. The first-order valence-corrected chi connectivity index (χ1v) is 10.9. The van der Waals surface area contributed by atoms with Gasteiger partial charge in [0.15, 0.2) is 17.9 Å². The van der Waals surface area contributed by atoms with Gasteiger partial charge >= 0.3 is 0 Å². The van der Waals surface area contributed by atoms with Crippen LogP contribution in [0.3, 0.4) is 0 Å². The van der Waals surface area contributed by atoms with Crippen molar-refractivity contribution in [3.8, 4) is 5.75 Å². The molecule has 0 bridgehead atoms. The van der Waals surface area contributed by atoms with Crippen LogP contribution in [0.4, 0.5) is 10.1 Å². The Morgan fingerprint density at radius 3 is 3.00 bits per heavy atom. The molecule has 2 atom stereocenters. The van der Waals surface area contributed by atoms with Gasteiger partial charge in [0.25, 0.3) is 0 Å². The van der Waals surface area contributed by atoms with E-state index in [2.05, 4.69) is 27.4 Å². The minimum absolute atomic E-state index is 0.172. The first kappa shape index (κ1) is 22.1. The van der Waals surface area contributed by atoms with Gasteiger partial charge in [-0.05, 0) is 50.2 Å². The lowest BCUT2D eigenvalue weighted by Crippen LogP contribution is -2.60. The summed E-state index contributed by atoms with van der Waals surface area (Å²) in [5.41, 5.74) is 6.93. The number of guanidine groups is 2. The van der Waals surface area contributed by atoms with E-state index in [9.17, 15) is 4.39 Å². The average Bonchev–Trinajstić information content (AvgIpc) is 3.46. The molecule has 0 amide bonds. The number of nitrogens with one attached hydrogen (secondary N) is 2. The van der Waals surface area contributed by atoms with Crippen molar-refractivity contribution in [1.82, 2.24) is 15.1 Å². The maximum atomic E-state index is 14.2. The molecule has 1 saturated heterocycles. The van der Waals surface area contributed by atoms with Gasteiger partial charge in [0.1, 0.15) is 5.76 Å². The van der Waals surface area contributed by atoms with E-state index in [-0.39, 0.29) is 5.75 Å². The molecule has 172 valence electrons. The lowest BCUT2D eigenvalue weighted by atomic mass is 10.2. The zero-order valence-corrected chi connectivity index (χ0v) is 18.4. The number of rotatable bonds is 7. The molecule has 10 heteroatoms. The monoisotopic (exact) mass is 443 g/mol. The minimum Gasteiger partial charge on any atom is -0.494 e. The molecule has 0 radical (unpaired) electrons. The molecule has 0 saturated carbocycles. The van der Waals surface area contributed by atoms with E-state index in [0.29, 0.717) is 36.7 Å². The number of benzene rings is 1. The molecule has 3 heterocycles. The topological polar surface area (TPSA) is 104 Å². The number of aliphatic imine (C=N–C) groups is 2. The summed E-state index contributed by atoms with van der Waals surface area (Å²) >= 11 is 0. The Kier molecular flexibility index (Phi) is 6.91. The second-order valence-electron chi connectivity index (χ2n) is 7.80. The number of likely N-dealkylation sites (tertiary alicyclic amines) is 1. The average molecular weight is 444 g/mol. The van der Waals surface area contributed by atoms with E-state index in [0.717, 1.165) is 25.3 Å². The lowest BCUT2D eigenvalue weighted by molar-refractivity contribution is 0.259. The van der Waals surface area contributed by atoms with Crippen molar-refractivity contribution in [2.45, 2.75) is 38.6 Å². The molecule has 2 aliphatic rings. The number of anilines is 1. The summed E-state index contributed by atoms with van der Waals surface area (Å²) in [7, 11) is 1.43. The van der Waals surface area contributed by atoms with Crippen LogP contribution < -0.4 is 21.1 Å². The molecule has 1 aromatic heterocycles. The molecule has 4 rings (SSSR count). The Labute approximate surface area is 187 Å². The van der Waals surface area contributed by atoms with Gasteiger partial charge in [-0.1, -0.05) is 6.92 Å². The van der Waals surface area contributed by atoms with E-state index in [1.54, 1.807) is 23.3 Å². The van der Waals surface area contributed by atoms with Gasteiger partial charge in [-0.25, -0.2) is 9.38 Å². The van der Waals surface area contributed by atoms with E-state index < -0.39 is 12.1 Å². The molecule has 2 aromatic rings. The first-order valence-electron chi connectivity index (χ1n) is 10.9. The summed E-state index contributed by atoms with van der Waals surface area (Å²) < 4.78 is 24.7. The molecule has 4 N–H and O–H groups in total. The van der Waals surface area contributed by atoms with Crippen LogP contribution in [0.2, 0.25) is 0 Å². The summed E-state index contributed by atoms with van der Waals surface area (Å²) in [6.07, 6.45) is 3.33. The largest absolute Gasteiger partial charge is 0.494 e. The lowest BCUT2D eigenvalue weighted by Gasteiger charge is -2.35. The van der Waals surface area contributed by atoms with Crippen LogP contribution in [0.15, 0.2) is 51.0 Å². The number of halogens is 1. The second-order valence-corrected chi connectivity index (χ2v) is 7.80. The molecular formula is C22H30FN7O2. The number of likely N-dealkylation sites (N-methyl/N-ethyl adjacent to an activating group) is 1. The highest BCUT2D eigenvalue weighted by Gasteiger charge is 2.28. The van der Waals surface area contributed by atoms with Crippen molar-refractivity contribution in [2.24, 2.45) is 15.7 Å². The first-order chi connectivity index (χ1) is 15.6. The van der Waals surface area contributed by atoms with Crippen LogP contribution in [0.5, 0.6) is 5.75 Å². The third kappa shape index (κ3) is 5.03. The van der Waals surface area contributed by atoms with Crippen molar-refractivity contribution in [2.75, 3.05) is 32.1 Å². The summed E-state index contributed by atoms with van der Waals surface area (Å²) in [6.45, 7) is 5.31. The molecule has 0 spiro atoms. The van der Waals surface area contributed by atoms with Gasteiger partial charge in [-0.15, -0.1) is 0 Å². The van der Waals surface area contributed by atoms with Crippen LogP contribution >= 0.6 is 0 Å². The quantitative estimate of drug-likeness (QED) is 0.604. The number of nitrogens with two attached hydrogens (primary N) is 1.